The number of nitrogens with zero attached hydrogens (tertiary/aromatic N) is 4. The lowest BCUT2D eigenvalue weighted by Crippen LogP contribution is -2.37. The number of fused-ring (bicyclic) bond motifs is 1. The smallest absolute Gasteiger partial charge is 0.410 e. The lowest BCUT2D eigenvalue weighted by Gasteiger charge is -2.30. The van der Waals surface area contributed by atoms with Gasteiger partial charge in [0.2, 0.25) is 0 Å². The first kappa shape index (κ1) is 23.6. The Labute approximate surface area is 190 Å². The molecule has 1 atom stereocenters. The van der Waals surface area contributed by atoms with Gasteiger partial charge in [0.25, 0.3) is 0 Å². The molecular formula is C25H35N5O2. The summed E-state index contributed by atoms with van der Waals surface area (Å²) in [6.45, 7) is 9.91. The second-order valence-electron chi connectivity index (χ2n) is 9.89. The average molecular weight is 438 g/mol. The van der Waals surface area contributed by atoms with Crippen LogP contribution in [0.25, 0.3) is 22.2 Å². The summed E-state index contributed by atoms with van der Waals surface area (Å²) in [5, 5.41) is 0. The largest absolute Gasteiger partial charge is 0.444 e. The van der Waals surface area contributed by atoms with Crippen LogP contribution in [0, 0.1) is 5.92 Å². The van der Waals surface area contributed by atoms with Crippen LogP contribution < -0.4 is 4.90 Å². The highest BCUT2D eigenvalue weighted by Crippen LogP contribution is 2.30. The molecule has 0 bridgehead atoms. The summed E-state index contributed by atoms with van der Waals surface area (Å²) >= 11 is 0. The fourth-order valence-electron chi connectivity index (χ4n) is 3.57. The fourth-order valence-corrected chi connectivity index (χ4v) is 3.57. The van der Waals surface area contributed by atoms with Gasteiger partial charge in [0.05, 0.1) is 17.1 Å². The molecule has 1 unspecified atom stereocenters. The number of benzene rings is 1. The molecule has 3 aromatic rings. The molecule has 3 rings (SSSR count). The maximum atomic E-state index is 12.7. The molecule has 0 aliphatic carbocycles. The molecular weight excluding hydrogens is 402 g/mol. The molecule has 7 heteroatoms. The first-order valence-electron chi connectivity index (χ1n) is 11.0. The van der Waals surface area contributed by atoms with E-state index >= 15 is 0 Å². The molecule has 0 aliphatic heterocycles. The SMILES string of the molecule is CC(C)CC(c1nc2ccc(-c3ccnc(N(C)C)c3)cc2[nH]1)N(C)C(=O)OC(C)(C)C. The highest BCUT2D eigenvalue weighted by atomic mass is 16.6. The molecule has 172 valence electrons. The summed E-state index contributed by atoms with van der Waals surface area (Å²) in [5.74, 6) is 2.06. The molecule has 0 aliphatic rings. The second kappa shape index (κ2) is 9.18. The van der Waals surface area contributed by atoms with Crippen molar-refractivity contribution in [2.24, 2.45) is 5.92 Å². The number of rotatable bonds is 6. The third-order valence-corrected chi connectivity index (χ3v) is 5.20. The van der Waals surface area contributed by atoms with Crippen LogP contribution in [-0.2, 0) is 4.74 Å². The predicted molar refractivity (Wildman–Crippen MR) is 130 cm³/mol. The van der Waals surface area contributed by atoms with Gasteiger partial charge in [0.1, 0.15) is 17.2 Å². The Bertz CT molecular complexity index is 1080. The molecule has 32 heavy (non-hydrogen) atoms. The van der Waals surface area contributed by atoms with Crippen LogP contribution in [-0.4, -0.2) is 52.7 Å². The zero-order chi connectivity index (χ0) is 23.6. The van der Waals surface area contributed by atoms with Gasteiger partial charge >= 0.3 is 6.09 Å². The van der Waals surface area contributed by atoms with Crippen molar-refractivity contribution in [2.75, 3.05) is 26.0 Å². The molecule has 0 saturated carbocycles. The van der Waals surface area contributed by atoms with Gasteiger partial charge in [0.15, 0.2) is 0 Å². The van der Waals surface area contributed by atoms with Crippen molar-refractivity contribution in [1.29, 1.82) is 0 Å². The van der Waals surface area contributed by atoms with Crippen molar-refractivity contribution >= 4 is 22.9 Å². The van der Waals surface area contributed by atoms with E-state index in [1.165, 1.54) is 0 Å². The molecule has 0 saturated heterocycles. The van der Waals surface area contributed by atoms with Crippen LogP contribution in [0.4, 0.5) is 10.6 Å². The number of amides is 1. The van der Waals surface area contributed by atoms with E-state index < -0.39 is 5.60 Å². The van der Waals surface area contributed by atoms with Crippen molar-refractivity contribution in [3.63, 3.8) is 0 Å². The number of carbonyl (C=O) groups excluding carboxylic acids is 1. The summed E-state index contributed by atoms with van der Waals surface area (Å²) < 4.78 is 5.60. The van der Waals surface area contributed by atoms with Crippen LogP contribution in [0.15, 0.2) is 36.5 Å². The Kier molecular flexibility index (Phi) is 6.77. The van der Waals surface area contributed by atoms with Crippen molar-refractivity contribution in [2.45, 2.75) is 52.7 Å². The van der Waals surface area contributed by atoms with Gasteiger partial charge in [-0.15, -0.1) is 0 Å². The number of ether oxygens (including phenoxy) is 1. The van der Waals surface area contributed by atoms with Crippen molar-refractivity contribution in [3.8, 4) is 11.1 Å². The highest BCUT2D eigenvalue weighted by molar-refractivity contribution is 5.82. The van der Waals surface area contributed by atoms with Gasteiger partial charge in [0, 0.05) is 27.3 Å². The van der Waals surface area contributed by atoms with E-state index in [1.54, 1.807) is 11.9 Å². The number of pyridine rings is 1. The summed E-state index contributed by atoms with van der Waals surface area (Å²) in [6, 6.07) is 10.0. The first-order chi connectivity index (χ1) is 14.9. The Hall–Kier alpha value is -3.09. The van der Waals surface area contributed by atoms with Gasteiger partial charge in [-0.2, -0.15) is 0 Å². The zero-order valence-electron chi connectivity index (χ0n) is 20.4. The standard InChI is InChI=1S/C25H35N5O2/c1-16(2)13-21(30(8)24(31)32-25(3,4)5)23-27-19-10-9-17(14-20(19)28-23)18-11-12-26-22(15-18)29(6)7/h9-12,14-16,21H,13H2,1-8H3,(H,27,28). The minimum absolute atomic E-state index is 0.207. The first-order valence-corrected chi connectivity index (χ1v) is 11.0. The van der Waals surface area contributed by atoms with E-state index in [-0.39, 0.29) is 12.1 Å². The van der Waals surface area contributed by atoms with Crippen molar-refractivity contribution in [1.82, 2.24) is 19.9 Å². The number of aromatic amines is 1. The fraction of sp³-hybridized carbons (Fsp3) is 0.480. The molecule has 0 fully saturated rings. The maximum Gasteiger partial charge on any atom is 0.410 e. The summed E-state index contributed by atoms with van der Waals surface area (Å²) in [4.78, 5) is 29.1. The topological polar surface area (TPSA) is 74.4 Å². The van der Waals surface area contributed by atoms with Gasteiger partial charge in [-0.25, -0.2) is 14.8 Å². The molecule has 1 N–H and O–H groups in total. The van der Waals surface area contributed by atoms with E-state index in [9.17, 15) is 4.79 Å². The monoisotopic (exact) mass is 437 g/mol. The number of aromatic nitrogens is 3. The number of carbonyl (C=O) groups is 1. The third-order valence-electron chi connectivity index (χ3n) is 5.20. The van der Waals surface area contributed by atoms with Crippen LogP contribution in [0.1, 0.15) is 52.9 Å². The lowest BCUT2D eigenvalue weighted by atomic mass is 10.0. The van der Waals surface area contributed by atoms with Gasteiger partial charge in [-0.1, -0.05) is 19.9 Å². The van der Waals surface area contributed by atoms with E-state index in [0.29, 0.717) is 5.92 Å². The zero-order valence-corrected chi connectivity index (χ0v) is 20.4. The summed E-state index contributed by atoms with van der Waals surface area (Å²) in [5.41, 5.74) is 3.43. The lowest BCUT2D eigenvalue weighted by molar-refractivity contribution is 0.0194. The molecule has 7 nitrogen and oxygen atoms in total. The van der Waals surface area contributed by atoms with Gasteiger partial charge < -0.3 is 19.5 Å². The molecule has 2 aromatic heterocycles. The van der Waals surface area contributed by atoms with Gasteiger partial charge in [-0.3, -0.25) is 0 Å². The Morgan fingerprint density at radius 3 is 2.41 bits per heavy atom. The number of hydrogen-bond acceptors (Lipinski definition) is 5. The van der Waals surface area contributed by atoms with Crippen molar-refractivity contribution in [3.05, 3.63) is 42.4 Å². The van der Waals surface area contributed by atoms with E-state index in [4.69, 9.17) is 9.72 Å². The van der Waals surface area contributed by atoms with Crippen LogP contribution in [0.5, 0.6) is 0 Å². The number of hydrogen-bond donors (Lipinski definition) is 1. The van der Waals surface area contributed by atoms with E-state index in [1.807, 2.05) is 58.1 Å². The van der Waals surface area contributed by atoms with E-state index in [0.717, 1.165) is 40.2 Å². The number of nitrogens with one attached hydrogen (secondary N) is 1. The maximum absolute atomic E-state index is 12.7. The quantitative estimate of drug-likeness (QED) is 0.540. The molecule has 2 heterocycles. The minimum atomic E-state index is -0.549. The van der Waals surface area contributed by atoms with E-state index in [2.05, 4.69) is 42.0 Å². The average Bonchev–Trinajstić information content (AvgIpc) is 3.13. The predicted octanol–water partition coefficient (Wildman–Crippen LogP) is 5.65. The molecule has 1 amide bonds. The van der Waals surface area contributed by atoms with Crippen LogP contribution in [0.2, 0.25) is 0 Å². The number of imidazole rings is 1. The Balaban J connectivity index is 1.95. The third kappa shape index (κ3) is 5.58. The van der Waals surface area contributed by atoms with Crippen LogP contribution >= 0.6 is 0 Å². The Morgan fingerprint density at radius 1 is 1.09 bits per heavy atom. The highest BCUT2D eigenvalue weighted by Gasteiger charge is 2.29. The molecule has 0 radical (unpaired) electrons. The minimum Gasteiger partial charge on any atom is -0.444 e. The molecule has 0 spiro atoms. The second-order valence-corrected chi connectivity index (χ2v) is 9.89. The normalized spacial score (nSPS) is 12.8. The summed E-state index contributed by atoms with van der Waals surface area (Å²) in [7, 11) is 5.73. The van der Waals surface area contributed by atoms with Crippen LogP contribution in [0.3, 0.4) is 0 Å². The number of H-pyrrole nitrogens is 1. The summed E-state index contributed by atoms with van der Waals surface area (Å²) in [6.07, 6.45) is 2.25. The Morgan fingerprint density at radius 2 is 1.78 bits per heavy atom. The van der Waals surface area contributed by atoms with Crippen molar-refractivity contribution < 1.29 is 9.53 Å². The van der Waals surface area contributed by atoms with Gasteiger partial charge in [-0.05, 0) is 68.5 Å². The number of anilines is 1. The molecule has 1 aromatic carbocycles.